The monoisotopic (exact) mass is 158 g/mol. The maximum Gasteiger partial charge on any atom is 0 e. The molecule has 5 heavy (non-hydrogen) atoms. The SMILES string of the molecule is [CH-]=C(C)C.[Rh]. The summed E-state index contributed by atoms with van der Waals surface area (Å²) >= 11 is 0. The van der Waals surface area contributed by atoms with Gasteiger partial charge in [0, 0.05) is 19.5 Å². The van der Waals surface area contributed by atoms with Gasteiger partial charge in [-0.1, -0.05) is 13.8 Å². The van der Waals surface area contributed by atoms with Crippen molar-refractivity contribution in [2.24, 2.45) is 0 Å². The fourth-order valence-corrected chi connectivity index (χ4v) is 0. The van der Waals surface area contributed by atoms with Gasteiger partial charge in [-0.3, -0.25) is 5.57 Å². The fraction of sp³-hybridized carbons (Fsp3) is 0.500. The van der Waals surface area contributed by atoms with Gasteiger partial charge in [-0.2, -0.15) is 0 Å². The Hall–Kier alpha value is 0.363. The van der Waals surface area contributed by atoms with Gasteiger partial charge in [-0.15, -0.1) is 0 Å². The summed E-state index contributed by atoms with van der Waals surface area (Å²) in [6, 6.07) is 0. The molecule has 1 radical (unpaired) electrons. The van der Waals surface area contributed by atoms with E-state index in [1.165, 1.54) is 0 Å². The minimum atomic E-state index is 0. The summed E-state index contributed by atoms with van der Waals surface area (Å²) in [5.74, 6) is 0. The van der Waals surface area contributed by atoms with Crippen LogP contribution in [0.1, 0.15) is 13.8 Å². The number of hydrogen-bond acceptors (Lipinski definition) is 0. The van der Waals surface area contributed by atoms with Gasteiger partial charge in [-0.05, 0) is 0 Å². The number of hydrogen-bond donors (Lipinski definition) is 0. The van der Waals surface area contributed by atoms with Gasteiger partial charge in [0.05, 0.1) is 0 Å². The molecule has 33 valence electrons. The Kier molecular flexibility index (Phi) is 7.88. The average Bonchev–Trinajstić information content (AvgIpc) is 0.811. The van der Waals surface area contributed by atoms with Gasteiger partial charge in [0.25, 0.3) is 0 Å². The van der Waals surface area contributed by atoms with E-state index < -0.39 is 0 Å². The number of rotatable bonds is 0. The maximum atomic E-state index is 5.03. The van der Waals surface area contributed by atoms with E-state index in [0.29, 0.717) is 0 Å². The van der Waals surface area contributed by atoms with E-state index in [4.69, 9.17) is 6.58 Å². The Morgan fingerprint density at radius 2 is 1.40 bits per heavy atom. The molecule has 0 saturated heterocycles. The van der Waals surface area contributed by atoms with Crippen molar-refractivity contribution in [3.63, 3.8) is 0 Å². The van der Waals surface area contributed by atoms with Crippen LogP contribution in [0.5, 0.6) is 0 Å². The van der Waals surface area contributed by atoms with Crippen LogP contribution in [0.4, 0.5) is 0 Å². The van der Waals surface area contributed by atoms with Crippen LogP contribution in [0.15, 0.2) is 5.57 Å². The van der Waals surface area contributed by atoms with E-state index in [-0.39, 0.29) is 19.5 Å². The van der Waals surface area contributed by atoms with E-state index in [1.54, 1.807) is 0 Å². The molecule has 0 aliphatic carbocycles. The van der Waals surface area contributed by atoms with Gasteiger partial charge < -0.3 is 6.58 Å². The van der Waals surface area contributed by atoms with E-state index in [2.05, 4.69) is 0 Å². The maximum absolute atomic E-state index is 5.03. The summed E-state index contributed by atoms with van der Waals surface area (Å²) in [6.07, 6.45) is 0. The zero-order valence-corrected chi connectivity index (χ0v) is 5.05. The van der Waals surface area contributed by atoms with E-state index in [0.717, 1.165) is 5.57 Å². The van der Waals surface area contributed by atoms with E-state index in [9.17, 15) is 0 Å². The second-order valence-electron chi connectivity index (χ2n) is 1.08. The van der Waals surface area contributed by atoms with Crippen LogP contribution in [0, 0.1) is 6.58 Å². The van der Waals surface area contributed by atoms with Crippen molar-refractivity contribution < 1.29 is 19.5 Å². The molecule has 0 aromatic carbocycles. The normalized spacial score (nSPS) is 5.20. The molecular formula is C4H7Rh-. The molecule has 0 rings (SSSR count). The Bertz CT molecular complexity index is 26.6. The number of allylic oxidation sites excluding steroid dienone is 1. The molecule has 0 aromatic rings. The van der Waals surface area contributed by atoms with Crippen molar-refractivity contribution in [1.82, 2.24) is 0 Å². The standard InChI is InChI=1S/C4H7.Rh/c1-4(2)3;/h1H,2-3H3;/q-1;. The van der Waals surface area contributed by atoms with Crippen molar-refractivity contribution >= 4 is 0 Å². The summed E-state index contributed by atoms with van der Waals surface area (Å²) in [4.78, 5) is 0. The molecule has 0 saturated carbocycles. The van der Waals surface area contributed by atoms with Crippen LogP contribution < -0.4 is 0 Å². The molecular weight excluding hydrogens is 151 g/mol. The van der Waals surface area contributed by atoms with Crippen molar-refractivity contribution in [3.8, 4) is 0 Å². The van der Waals surface area contributed by atoms with Crippen LogP contribution in [0.3, 0.4) is 0 Å². The van der Waals surface area contributed by atoms with E-state index in [1.807, 2.05) is 13.8 Å². The van der Waals surface area contributed by atoms with Crippen LogP contribution in [0.25, 0.3) is 0 Å². The predicted molar refractivity (Wildman–Crippen MR) is 19.2 cm³/mol. The molecule has 0 unspecified atom stereocenters. The van der Waals surface area contributed by atoms with E-state index >= 15 is 0 Å². The summed E-state index contributed by atoms with van der Waals surface area (Å²) in [6.45, 7) is 8.75. The first-order chi connectivity index (χ1) is 1.73. The van der Waals surface area contributed by atoms with Crippen molar-refractivity contribution in [1.29, 1.82) is 0 Å². The first-order valence-electron chi connectivity index (χ1n) is 1.29. The molecule has 0 bridgehead atoms. The zero-order chi connectivity index (χ0) is 3.58. The van der Waals surface area contributed by atoms with Crippen molar-refractivity contribution in [2.45, 2.75) is 13.8 Å². The summed E-state index contributed by atoms with van der Waals surface area (Å²) in [7, 11) is 0. The van der Waals surface area contributed by atoms with Crippen molar-refractivity contribution in [2.75, 3.05) is 0 Å². The Morgan fingerprint density at radius 3 is 1.40 bits per heavy atom. The molecule has 0 aliphatic rings. The molecule has 0 fully saturated rings. The molecule has 0 amide bonds. The molecule has 0 aromatic heterocycles. The fourth-order valence-electron chi connectivity index (χ4n) is 0. The smallest absolute Gasteiger partial charge is 0 e. The summed E-state index contributed by atoms with van der Waals surface area (Å²) < 4.78 is 0. The quantitative estimate of drug-likeness (QED) is 0.369. The van der Waals surface area contributed by atoms with Crippen molar-refractivity contribution in [3.05, 3.63) is 12.2 Å². The third-order valence-corrected chi connectivity index (χ3v) is 0. The molecule has 0 nitrogen and oxygen atoms in total. The predicted octanol–water partition coefficient (Wildman–Crippen LogP) is 1.38. The molecule has 0 N–H and O–H groups in total. The molecule has 0 aliphatic heterocycles. The van der Waals surface area contributed by atoms with Crippen LogP contribution in [-0.4, -0.2) is 0 Å². The van der Waals surface area contributed by atoms with Gasteiger partial charge in [-0.25, -0.2) is 0 Å². The second-order valence-corrected chi connectivity index (χ2v) is 1.08. The van der Waals surface area contributed by atoms with Gasteiger partial charge in [0.15, 0.2) is 0 Å². The van der Waals surface area contributed by atoms with Crippen LogP contribution in [-0.2, 0) is 19.5 Å². The Balaban J connectivity index is 0. The van der Waals surface area contributed by atoms with Gasteiger partial charge >= 0.3 is 0 Å². The molecule has 0 heterocycles. The molecule has 1 heteroatoms. The Morgan fingerprint density at radius 1 is 1.40 bits per heavy atom. The second kappa shape index (κ2) is 4.36. The largest absolute Gasteiger partial charge is 0.515 e. The third kappa shape index (κ3) is 185. The topological polar surface area (TPSA) is 0 Å². The van der Waals surface area contributed by atoms with Crippen LogP contribution in [0.2, 0.25) is 0 Å². The van der Waals surface area contributed by atoms with Gasteiger partial charge in [0.1, 0.15) is 0 Å². The molecule has 0 spiro atoms. The summed E-state index contributed by atoms with van der Waals surface area (Å²) in [5.41, 5.74) is 0.917. The first kappa shape index (κ1) is 9.03. The minimum Gasteiger partial charge on any atom is -0.515 e. The minimum absolute atomic E-state index is 0. The van der Waals surface area contributed by atoms with Crippen LogP contribution >= 0.6 is 0 Å². The molecule has 0 atom stereocenters. The first-order valence-corrected chi connectivity index (χ1v) is 1.29. The summed E-state index contributed by atoms with van der Waals surface area (Å²) in [5, 5.41) is 0. The van der Waals surface area contributed by atoms with Gasteiger partial charge in [0.2, 0.25) is 0 Å². The zero-order valence-electron chi connectivity index (χ0n) is 3.41. The average molecular weight is 158 g/mol. The third-order valence-electron chi connectivity index (χ3n) is 0. The Labute approximate surface area is 46.0 Å².